The van der Waals surface area contributed by atoms with Gasteiger partial charge in [0.05, 0.1) is 6.54 Å². The van der Waals surface area contributed by atoms with Crippen LogP contribution in [-0.2, 0) is 16.0 Å². The second kappa shape index (κ2) is 10.2. The van der Waals surface area contributed by atoms with E-state index in [-0.39, 0.29) is 24.4 Å². The molecule has 0 aliphatic carbocycles. The third-order valence-corrected chi connectivity index (χ3v) is 4.13. The summed E-state index contributed by atoms with van der Waals surface area (Å²) in [5.74, 6) is -0.0415. The summed E-state index contributed by atoms with van der Waals surface area (Å²) >= 11 is 0. The van der Waals surface area contributed by atoms with E-state index in [2.05, 4.69) is 16.0 Å². The van der Waals surface area contributed by atoms with Gasteiger partial charge in [-0.15, -0.1) is 0 Å². The van der Waals surface area contributed by atoms with Crippen LogP contribution in [-0.4, -0.2) is 24.4 Å². The van der Waals surface area contributed by atoms with Gasteiger partial charge in [0.25, 0.3) is 0 Å². The van der Waals surface area contributed by atoms with Crippen molar-refractivity contribution < 1.29 is 9.59 Å². The maximum Gasteiger partial charge on any atom is 0.239 e. The molecule has 2 aromatic carbocycles. The van der Waals surface area contributed by atoms with Crippen molar-refractivity contribution in [2.75, 3.05) is 17.2 Å². The lowest BCUT2D eigenvalue weighted by atomic mass is 10.1. The van der Waals surface area contributed by atoms with Crippen LogP contribution in [0.3, 0.4) is 0 Å². The first-order valence-corrected chi connectivity index (χ1v) is 9.04. The minimum atomic E-state index is -0.0300. The van der Waals surface area contributed by atoms with Gasteiger partial charge in [-0.25, -0.2) is 0 Å². The van der Waals surface area contributed by atoms with E-state index >= 15 is 0 Å². The average Bonchev–Trinajstić information content (AvgIpc) is 2.66. The Hall–Kier alpha value is -2.82. The fourth-order valence-corrected chi connectivity index (χ4v) is 2.41. The molecule has 0 aromatic heterocycles. The van der Waals surface area contributed by atoms with Crippen LogP contribution < -0.4 is 16.0 Å². The van der Waals surface area contributed by atoms with Crippen molar-refractivity contribution in [3.8, 4) is 0 Å². The predicted octanol–water partition coefficient (Wildman–Crippen LogP) is 3.58. The first-order chi connectivity index (χ1) is 12.6. The molecule has 1 atom stereocenters. The molecule has 26 heavy (non-hydrogen) atoms. The number of anilines is 2. The van der Waals surface area contributed by atoms with Crippen LogP contribution >= 0.6 is 0 Å². The van der Waals surface area contributed by atoms with Crippen molar-refractivity contribution in [1.29, 1.82) is 0 Å². The Bertz CT molecular complexity index is 699. The monoisotopic (exact) mass is 353 g/mol. The van der Waals surface area contributed by atoms with Crippen molar-refractivity contribution >= 4 is 23.2 Å². The number of rotatable bonds is 9. The lowest BCUT2D eigenvalue weighted by molar-refractivity contribution is -0.120. The molecule has 2 amide bonds. The van der Waals surface area contributed by atoms with Gasteiger partial charge < -0.3 is 16.0 Å². The van der Waals surface area contributed by atoms with Gasteiger partial charge in [0, 0.05) is 23.8 Å². The van der Waals surface area contributed by atoms with Crippen molar-refractivity contribution in [2.24, 2.45) is 0 Å². The zero-order valence-corrected chi connectivity index (χ0v) is 15.4. The third-order valence-electron chi connectivity index (χ3n) is 4.13. The minimum absolute atomic E-state index is 0.0116. The van der Waals surface area contributed by atoms with Gasteiger partial charge in [0.15, 0.2) is 0 Å². The molecule has 2 aromatic rings. The van der Waals surface area contributed by atoms with E-state index in [0.29, 0.717) is 6.42 Å². The summed E-state index contributed by atoms with van der Waals surface area (Å²) in [7, 11) is 0. The van der Waals surface area contributed by atoms with Crippen molar-refractivity contribution in [1.82, 2.24) is 5.32 Å². The van der Waals surface area contributed by atoms with E-state index in [9.17, 15) is 9.59 Å². The Morgan fingerprint density at radius 1 is 0.923 bits per heavy atom. The number of nitrogens with one attached hydrogen (secondary N) is 3. The maximum atomic E-state index is 12.0. The van der Waals surface area contributed by atoms with Crippen molar-refractivity contribution in [2.45, 2.75) is 39.2 Å². The smallest absolute Gasteiger partial charge is 0.239 e. The van der Waals surface area contributed by atoms with Crippen LogP contribution in [0.1, 0.15) is 32.3 Å². The molecule has 0 saturated heterocycles. The number of benzene rings is 2. The molecule has 1 unspecified atom stereocenters. The maximum absolute atomic E-state index is 12.0. The first kappa shape index (κ1) is 19.5. The van der Waals surface area contributed by atoms with Crippen LogP contribution in [0.4, 0.5) is 11.4 Å². The highest BCUT2D eigenvalue weighted by Crippen LogP contribution is 2.14. The number of hydrogen-bond donors (Lipinski definition) is 3. The number of amides is 2. The highest BCUT2D eigenvalue weighted by atomic mass is 16.2. The fraction of sp³-hybridized carbons (Fsp3) is 0.333. The quantitative estimate of drug-likeness (QED) is 0.645. The first-order valence-electron chi connectivity index (χ1n) is 9.04. The van der Waals surface area contributed by atoms with E-state index in [4.69, 9.17) is 0 Å². The number of hydrogen-bond acceptors (Lipinski definition) is 3. The molecule has 0 saturated carbocycles. The standard InChI is InChI=1S/C21H27N3O2/c1-3-16(2)23-21(26)15-22-18-10-12-19(13-11-18)24-20(25)14-9-17-7-5-4-6-8-17/h4-8,10-13,16,22H,3,9,14-15H2,1-2H3,(H,23,26)(H,24,25). The molecule has 0 heterocycles. The lowest BCUT2D eigenvalue weighted by Crippen LogP contribution is -2.36. The summed E-state index contributed by atoms with van der Waals surface area (Å²) < 4.78 is 0. The highest BCUT2D eigenvalue weighted by molar-refractivity contribution is 5.91. The molecule has 3 N–H and O–H groups in total. The van der Waals surface area contributed by atoms with E-state index in [1.807, 2.05) is 68.4 Å². The van der Waals surface area contributed by atoms with Crippen LogP contribution in [0.15, 0.2) is 54.6 Å². The zero-order valence-electron chi connectivity index (χ0n) is 15.4. The Morgan fingerprint density at radius 3 is 2.23 bits per heavy atom. The van der Waals surface area contributed by atoms with Gasteiger partial charge in [-0.3, -0.25) is 9.59 Å². The molecule has 2 rings (SSSR count). The van der Waals surface area contributed by atoms with E-state index in [0.717, 1.165) is 29.8 Å². The molecule has 5 nitrogen and oxygen atoms in total. The molecular formula is C21H27N3O2. The summed E-state index contributed by atoms with van der Waals surface area (Å²) in [5.41, 5.74) is 2.74. The molecule has 0 radical (unpaired) electrons. The highest BCUT2D eigenvalue weighted by Gasteiger charge is 2.06. The Kier molecular flexibility index (Phi) is 7.68. The zero-order chi connectivity index (χ0) is 18.8. The predicted molar refractivity (Wildman–Crippen MR) is 106 cm³/mol. The summed E-state index contributed by atoms with van der Waals surface area (Å²) in [5, 5.41) is 8.87. The number of carbonyl (C=O) groups is 2. The van der Waals surface area contributed by atoms with Gasteiger partial charge in [0.1, 0.15) is 0 Å². The fourth-order valence-electron chi connectivity index (χ4n) is 2.41. The van der Waals surface area contributed by atoms with E-state index < -0.39 is 0 Å². The van der Waals surface area contributed by atoms with E-state index in [1.165, 1.54) is 0 Å². The van der Waals surface area contributed by atoms with Gasteiger partial charge in [-0.2, -0.15) is 0 Å². The summed E-state index contributed by atoms with van der Waals surface area (Å²) in [4.78, 5) is 23.8. The second-order valence-electron chi connectivity index (χ2n) is 6.34. The Labute approximate surface area is 155 Å². The molecule has 0 aliphatic heterocycles. The number of aryl methyl sites for hydroxylation is 1. The normalized spacial score (nSPS) is 11.5. The van der Waals surface area contributed by atoms with Crippen LogP contribution in [0.5, 0.6) is 0 Å². The largest absolute Gasteiger partial charge is 0.376 e. The van der Waals surface area contributed by atoms with Crippen LogP contribution in [0.2, 0.25) is 0 Å². The van der Waals surface area contributed by atoms with Gasteiger partial charge in [0.2, 0.25) is 11.8 Å². The van der Waals surface area contributed by atoms with E-state index in [1.54, 1.807) is 0 Å². The SMILES string of the molecule is CCC(C)NC(=O)CNc1ccc(NC(=O)CCc2ccccc2)cc1. The van der Waals surface area contributed by atoms with Crippen LogP contribution in [0.25, 0.3) is 0 Å². The molecule has 0 bridgehead atoms. The summed E-state index contributed by atoms with van der Waals surface area (Å²) in [6.45, 7) is 4.24. The van der Waals surface area contributed by atoms with Gasteiger partial charge in [-0.05, 0) is 49.6 Å². The summed E-state index contributed by atoms with van der Waals surface area (Å²) in [6.07, 6.45) is 2.07. The average molecular weight is 353 g/mol. The molecule has 0 aliphatic rings. The Balaban J connectivity index is 1.74. The molecule has 138 valence electrons. The van der Waals surface area contributed by atoms with Crippen molar-refractivity contribution in [3.05, 3.63) is 60.2 Å². The molecule has 0 spiro atoms. The third kappa shape index (κ3) is 6.97. The van der Waals surface area contributed by atoms with Crippen molar-refractivity contribution in [3.63, 3.8) is 0 Å². The van der Waals surface area contributed by atoms with Crippen LogP contribution in [0, 0.1) is 0 Å². The molecule has 0 fully saturated rings. The molecule has 5 heteroatoms. The number of carbonyl (C=O) groups excluding carboxylic acids is 2. The second-order valence-corrected chi connectivity index (χ2v) is 6.34. The molecular weight excluding hydrogens is 326 g/mol. The lowest BCUT2D eigenvalue weighted by Gasteiger charge is -2.12. The Morgan fingerprint density at radius 2 is 1.58 bits per heavy atom. The van der Waals surface area contributed by atoms with Gasteiger partial charge in [-0.1, -0.05) is 37.3 Å². The topological polar surface area (TPSA) is 70.2 Å². The summed E-state index contributed by atoms with van der Waals surface area (Å²) in [6, 6.07) is 17.5. The van der Waals surface area contributed by atoms with Gasteiger partial charge >= 0.3 is 0 Å². The minimum Gasteiger partial charge on any atom is -0.376 e.